The Morgan fingerprint density at radius 1 is 1.04 bits per heavy atom. The van der Waals surface area contributed by atoms with Crippen LogP contribution in [0.4, 0.5) is 4.39 Å². The number of hydrogen-bond donors (Lipinski definition) is 1. The molecule has 0 aromatic heterocycles. The van der Waals surface area contributed by atoms with E-state index in [0.29, 0.717) is 23.7 Å². The summed E-state index contributed by atoms with van der Waals surface area (Å²) in [5, 5.41) is 3.23. The molecule has 3 fully saturated rings. The fourth-order valence-corrected chi connectivity index (χ4v) is 7.60. The Morgan fingerprint density at radius 3 is 2.67 bits per heavy atom. The lowest BCUT2D eigenvalue weighted by molar-refractivity contribution is -0.122. The first kappa shape index (κ1) is 17.5. The molecule has 144 valence electrons. The third-order valence-electron chi connectivity index (χ3n) is 8.97. The van der Waals surface area contributed by atoms with Gasteiger partial charge in [0.1, 0.15) is 5.82 Å². The van der Waals surface area contributed by atoms with E-state index >= 15 is 0 Å². The summed E-state index contributed by atoms with van der Waals surface area (Å²) in [6, 6.07) is 7.71. The van der Waals surface area contributed by atoms with E-state index in [-0.39, 0.29) is 28.6 Å². The first-order valence-electron chi connectivity index (χ1n) is 10.7. The molecule has 0 spiro atoms. The van der Waals surface area contributed by atoms with E-state index in [0.717, 1.165) is 18.4 Å². The SMILES string of the molecule is C[C@]12C=CC(=O)NC1CC[C@@H]1[C@H]2CC[C@]2(C)C(c3ccccc3F)CC[C@@H]12. The molecular weight excluding hydrogens is 337 g/mol. The standard InChI is InChI=1S/C24H30FNO/c1-23-13-11-19-15(7-10-21-24(19,2)14-12-22(27)26-21)17(23)8-9-18(23)16-5-3-4-6-20(16)25/h3-6,12,14-15,17-19,21H,7-11,13H2,1-2H3,(H,26,27)/t15-,17-,18?,19+,21?,23-,24+/m0/s1. The summed E-state index contributed by atoms with van der Waals surface area (Å²) >= 11 is 0. The van der Waals surface area contributed by atoms with Crippen LogP contribution in [0.15, 0.2) is 36.4 Å². The molecule has 0 saturated heterocycles. The Bertz CT molecular complexity index is 803. The summed E-state index contributed by atoms with van der Waals surface area (Å²) in [7, 11) is 0. The maximum absolute atomic E-state index is 14.6. The summed E-state index contributed by atoms with van der Waals surface area (Å²) in [5.74, 6) is 2.38. The number of hydrogen-bond acceptors (Lipinski definition) is 1. The quantitative estimate of drug-likeness (QED) is 0.726. The normalized spacial score (nSPS) is 45.6. The van der Waals surface area contributed by atoms with Crippen molar-refractivity contribution < 1.29 is 9.18 Å². The lowest BCUT2D eigenvalue weighted by Crippen LogP contribution is -2.59. The average Bonchev–Trinajstić information content (AvgIpc) is 3.00. The molecule has 2 unspecified atom stereocenters. The van der Waals surface area contributed by atoms with Crippen molar-refractivity contribution in [3.8, 4) is 0 Å². The van der Waals surface area contributed by atoms with E-state index in [2.05, 4.69) is 25.2 Å². The van der Waals surface area contributed by atoms with Gasteiger partial charge in [-0.3, -0.25) is 4.79 Å². The Balaban J connectivity index is 1.48. The van der Waals surface area contributed by atoms with Gasteiger partial charge in [-0.1, -0.05) is 38.1 Å². The van der Waals surface area contributed by atoms with Gasteiger partial charge in [0.2, 0.25) is 5.91 Å². The highest BCUT2D eigenvalue weighted by atomic mass is 19.1. The molecule has 1 aliphatic heterocycles. The molecule has 1 aromatic carbocycles. The lowest BCUT2D eigenvalue weighted by Gasteiger charge is -2.59. The summed E-state index contributed by atoms with van der Waals surface area (Å²) in [4.78, 5) is 11.9. The largest absolute Gasteiger partial charge is 0.349 e. The van der Waals surface area contributed by atoms with Crippen LogP contribution in [0.3, 0.4) is 0 Å². The molecule has 3 saturated carbocycles. The van der Waals surface area contributed by atoms with Gasteiger partial charge in [0.05, 0.1) is 0 Å². The molecule has 1 aromatic rings. The van der Waals surface area contributed by atoms with Crippen LogP contribution in [0.2, 0.25) is 0 Å². The zero-order chi connectivity index (χ0) is 18.8. The molecule has 0 bridgehead atoms. The van der Waals surface area contributed by atoms with Gasteiger partial charge in [-0.2, -0.15) is 0 Å². The molecule has 5 rings (SSSR count). The Morgan fingerprint density at radius 2 is 1.85 bits per heavy atom. The molecule has 2 nitrogen and oxygen atoms in total. The van der Waals surface area contributed by atoms with Crippen LogP contribution in [0.25, 0.3) is 0 Å². The van der Waals surface area contributed by atoms with Crippen LogP contribution >= 0.6 is 0 Å². The third-order valence-corrected chi connectivity index (χ3v) is 8.97. The smallest absolute Gasteiger partial charge is 0.243 e. The number of nitrogens with one attached hydrogen (secondary N) is 1. The number of halogens is 1. The molecule has 0 radical (unpaired) electrons. The maximum Gasteiger partial charge on any atom is 0.243 e. The van der Waals surface area contributed by atoms with Gasteiger partial charge in [-0.25, -0.2) is 4.39 Å². The van der Waals surface area contributed by atoms with Gasteiger partial charge < -0.3 is 5.32 Å². The summed E-state index contributed by atoms with van der Waals surface area (Å²) in [6.45, 7) is 4.79. The highest BCUT2D eigenvalue weighted by molar-refractivity contribution is 5.89. The molecule has 3 aliphatic carbocycles. The number of benzene rings is 1. The fourth-order valence-electron chi connectivity index (χ4n) is 7.60. The number of fused-ring (bicyclic) bond motifs is 5. The van der Waals surface area contributed by atoms with Crippen molar-refractivity contribution in [2.75, 3.05) is 0 Å². The summed E-state index contributed by atoms with van der Waals surface area (Å²) in [6.07, 6.45) is 10.9. The van der Waals surface area contributed by atoms with Gasteiger partial charge in [0.15, 0.2) is 0 Å². The van der Waals surface area contributed by atoms with Crippen LogP contribution in [0.5, 0.6) is 0 Å². The predicted molar refractivity (Wildman–Crippen MR) is 105 cm³/mol. The van der Waals surface area contributed by atoms with Crippen molar-refractivity contribution >= 4 is 5.91 Å². The zero-order valence-corrected chi connectivity index (χ0v) is 16.4. The van der Waals surface area contributed by atoms with E-state index < -0.39 is 0 Å². The monoisotopic (exact) mass is 367 g/mol. The van der Waals surface area contributed by atoms with E-state index in [9.17, 15) is 9.18 Å². The topological polar surface area (TPSA) is 29.1 Å². The molecule has 1 heterocycles. The van der Waals surface area contributed by atoms with Gasteiger partial charge in [-0.05, 0) is 85.3 Å². The summed E-state index contributed by atoms with van der Waals surface area (Å²) < 4.78 is 14.6. The Labute approximate surface area is 161 Å². The van der Waals surface area contributed by atoms with Crippen LogP contribution in [-0.2, 0) is 4.79 Å². The molecule has 3 heteroatoms. The van der Waals surface area contributed by atoms with E-state index in [4.69, 9.17) is 0 Å². The zero-order valence-electron chi connectivity index (χ0n) is 16.4. The van der Waals surface area contributed by atoms with Gasteiger partial charge >= 0.3 is 0 Å². The van der Waals surface area contributed by atoms with Crippen molar-refractivity contribution in [1.82, 2.24) is 5.32 Å². The molecule has 27 heavy (non-hydrogen) atoms. The fraction of sp³-hybridized carbons (Fsp3) is 0.625. The lowest BCUT2D eigenvalue weighted by atomic mass is 9.47. The van der Waals surface area contributed by atoms with Crippen molar-refractivity contribution in [2.24, 2.45) is 28.6 Å². The Hall–Kier alpha value is -1.64. The van der Waals surface area contributed by atoms with Crippen LogP contribution in [0, 0.1) is 34.4 Å². The highest BCUT2D eigenvalue weighted by Gasteiger charge is 2.60. The maximum atomic E-state index is 14.6. The molecule has 1 N–H and O–H groups in total. The average molecular weight is 368 g/mol. The second-order valence-electron chi connectivity index (χ2n) is 9.91. The molecule has 7 atom stereocenters. The van der Waals surface area contributed by atoms with Crippen molar-refractivity contribution in [1.29, 1.82) is 0 Å². The molecule has 1 amide bonds. The van der Waals surface area contributed by atoms with Crippen molar-refractivity contribution in [3.05, 3.63) is 47.8 Å². The second kappa shape index (κ2) is 5.93. The van der Waals surface area contributed by atoms with E-state index in [1.165, 1.54) is 25.7 Å². The second-order valence-corrected chi connectivity index (χ2v) is 9.91. The number of carbonyl (C=O) groups excluding carboxylic acids is 1. The summed E-state index contributed by atoms with van der Waals surface area (Å²) in [5.41, 5.74) is 1.22. The number of amides is 1. The van der Waals surface area contributed by atoms with Gasteiger partial charge in [0, 0.05) is 11.5 Å². The van der Waals surface area contributed by atoms with Crippen LogP contribution < -0.4 is 5.32 Å². The van der Waals surface area contributed by atoms with Crippen molar-refractivity contribution in [3.63, 3.8) is 0 Å². The van der Waals surface area contributed by atoms with Crippen LogP contribution in [0.1, 0.15) is 63.9 Å². The van der Waals surface area contributed by atoms with Crippen molar-refractivity contribution in [2.45, 2.75) is 64.3 Å². The Kier molecular flexibility index (Phi) is 3.83. The molecular formula is C24H30FNO. The van der Waals surface area contributed by atoms with E-state index in [1.54, 1.807) is 18.2 Å². The minimum Gasteiger partial charge on any atom is -0.349 e. The third kappa shape index (κ3) is 2.39. The molecule has 4 aliphatic rings. The highest BCUT2D eigenvalue weighted by Crippen LogP contribution is 2.67. The first-order chi connectivity index (χ1) is 12.9. The van der Waals surface area contributed by atoms with Gasteiger partial charge in [-0.15, -0.1) is 0 Å². The predicted octanol–water partition coefficient (Wildman–Crippen LogP) is 5.21. The van der Waals surface area contributed by atoms with Gasteiger partial charge in [0.25, 0.3) is 0 Å². The first-order valence-corrected chi connectivity index (χ1v) is 10.7. The minimum atomic E-state index is -0.0277. The number of carbonyl (C=O) groups is 1. The minimum absolute atomic E-state index is 0.0277. The number of rotatable bonds is 1. The van der Waals surface area contributed by atoms with Crippen LogP contribution in [-0.4, -0.2) is 11.9 Å². The van der Waals surface area contributed by atoms with E-state index in [1.807, 2.05) is 12.1 Å².